The lowest BCUT2D eigenvalue weighted by Crippen LogP contribution is -2.35. The maximum absolute atomic E-state index is 14.5. The molecule has 3 nitrogen and oxygen atoms in total. The molecule has 1 heterocycles. The Morgan fingerprint density at radius 1 is 1.79 bits per heavy atom. The Kier molecular flexibility index (Phi) is 2.27. The first-order chi connectivity index (χ1) is 6.59. The molecular formula is C9H13ClFN3. The van der Waals surface area contributed by atoms with Crippen LogP contribution in [0.4, 0.5) is 4.39 Å². The van der Waals surface area contributed by atoms with Crippen molar-refractivity contribution in [1.82, 2.24) is 9.78 Å². The number of rotatable bonds is 3. The molecule has 78 valence electrons. The van der Waals surface area contributed by atoms with Crippen molar-refractivity contribution >= 4 is 11.6 Å². The van der Waals surface area contributed by atoms with Crippen LogP contribution in [-0.2, 0) is 12.7 Å². The minimum atomic E-state index is -1.50. The highest BCUT2D eigenvalue weighted by molar-refractivity contribution is 6.31. The molecule has 2 N–H and O–H groups in total. The Labute approximate surface area is 87.0 Å². The first kappa shape index (κ1) is 9.93. The average molecular weight is 218 g/mol. The van der Waals surface area contributed by atoms with Crippen LogP contribution < -0.4 is 5.73 Å². The van der Waals surface area contributed by atoms with Crippen LogP contribution >= 0.6 is 11.6 Å². The van der Waals surface area contributed by atoms with Gasteiger partial charge in [-0.2, -0.15) is 5.10 Å². The summed E-state index contributed by atoms with van der Waals surface area (Å²) in [4.78, 5) is 0. The average Bonchev–Trinajstić information content (AvgIpc) is 2.94. The molecule has 1 saturated carbocycles. The number of aryl methyl sites for hydroxylation is 1. The van der Waals surface area contributed by atoms with E-state index in [0.29, 0.717) is 10.7 Å². The van der Waals surface area contributed by atoms with Crippen LogP contribution in [0.3, 0.4) is 0 Å². The van der Waals surface area contributed by atoms with Crippen LogP contribution in [0.5, 0.6) is 0 Å². The lowest BCUT2D eigenvalue weighted by molar-refractivity contribution is 0.131. The third kappa shape index (κ3) is 1.33. The first-order valence-corrected chi connectivity index (χ1v) is 5.04. The highest BCUT2D eigenvalue weighted by atomic mass is 35.5. The maximum Gasteiger partial charge on any atom is 0.168 e. The van der Waals surface area contributed by atoms with E-state index in [9.17, 15) is 4.39 Å². The standard InChI is InChI=1S/C9H13ClFN3/c1-14-8(7(10)4-13-14)9(11,5-12)6-2-3-6/h4,6H,2-3,5,12H2,1H3. The van der Waals surface area contributed by atoms with Crippen LogP contribution in [0, 0.1) is 5.92 Å². The van der Waals surface area contributed by atoms with Gasteiger partial charge < -0.3 is 5.73 Å². The smallest absolute Gasteiger partial charge is 0.168 e. The number of aromatic nitrogens is 2. The number of hydrogen-bond acceptors (Lipinski definition) is 2. The van der Waals surface area contributed by atoms with Crippen molar-refractivity contribution in [3.8, 4) is 0 Å². The summed E-state index contributed by atoms with van der Waals surface area (Å²) in [5.74, 6) is 0.0143. The van der Waals surface area contributed by atoms with E-state index in [0.717, 1.165) is 12.8 Å². The monoisotopic (exact) mass is 217 g/mol. The third-order valence-corrected chi connectivity index (χ3v) is 3.09. The second-order valence-electron chi connectivity index (χ2n) is 3.81. The van der Waals surface area contributed by atoms with E-state index < -0.39 is 5.67 Å². The van der Waals surface area contributed by atoms with Gasteiger partial charge in [0.05, 0.1) is 16.9 Å². The van der Waals surface area contributed by atoms with E-state index in [2.05, 4.69) is 5.10 Å². The van der Waals surface area contributed by atoms with Gasteiger partial charge in [-0.15, -0.1) is 0 Å². The summed E-state index contributed by atoms with van der Waals surface area (Å²) in [5, 5.41) is 4.30. The molecule has 2 rings (SSSR count). The normalized spacial score (nSPS) is 20.9. The van der Waals surface area contributed by atoms with Crippen LogP contribution in [-0.4, -0.2) is 16.3 Å². The number of halogens is 2. The minimum absolute atomic E-state index is 0.0143. The fourth-order valence-corrected chi connectivity index (χ4v) is 2.20. The van der Waals surface area contributed by atoms with Gasteiger partial charge in [-0.3, -0.25) is 4.68 Å². The Bertz CT molecular complexity index is 328. The Morgan fingerprint density at radius 3 is 2.79 bits per heavy atom. The summed E-state index contributed by atoms with van der Waals surface area (Å²) in [6.07, 6.45) is 3.23. The molecule has 0 aliphatic heterocycles. The van der Waals surface area contributed by atoms with Crippen LogP contribution in [0.25, 0.3) is 0 Å². The van der Waals surface area contributed by atoms with Gasteiger partial charge in [-0.05, 0) is 12.8 Å². The zero-order valence-electron chi connectivity index (χ0n) is 8.00. The van der Waals surface area contributed by atoms with Crippen molar-refractivity contribution in [2.75, 3.05) is 6.54 Å². The molecule has 5 heteroatoms. The van der Waals surface area contributed by atoms with E-state index in [1.165, 1.54) is 10.9 Å². The van der Waals surface area contributed by atoms with Gasteiger partial charge in [0.25, 0.3) is 0 Å². The van der Waals surface area contributed by atoms with E-state index in [1.807, 2.05) is 0 Å². The Balaban J connectivity index is 2.44. The summed E-state index contributed by atoms with van der Waals surface area (Å²) in [5.41, 5.74) is 4.43. The molecule has 1 unspecified atom stereocenters. The number of alkyl halides is 1. The lowest BCUT2D eigenvalue weighted by Gasteiger charge is -2.24. The van der Waals surface area contributed by atoms with Crippen molar-refractivity contribution in [1.29, 1.82) is 0 Å². The molecule has 14 heavy (non-hydrogen) atoms. The zero-order chi connectivity index (χ0) is 10.3. The minimum Gasteiger partial charge on any atom is -0.327 e. The molecule has 0 bridgehead atoms. The molecule has 1 atom stereocenters. The van der Waals surface area contributed by atoms with Crippen molar-refractivity contribution in [2.24, 2.45) is 18.7 Å². The SMILES string of the molecule is Cn1ncc(Cl)c1C(F)(CN)C1CC1. The van der Waals surface area contributed by atoms with Gasteiger partial charge in [0.15, 0.2) is 5.67 Å². The fourth-order valence-electron chi connectivity index (χ4n) is 1.88. The molecule has 1 aromatic heterocycles. The van der Waals surface area contributed by atoms with E-state index in [1.54, 1.807) is 7.05 Å². The number of hydrogen-bond donors (Lipinski definition) is 1. The summed E-state index contributed by atoms with van der Waals surface area (Å²) >= 11 is 5.90. The third-order valence-electron chi connectivity index (χ3n) is 2.81. The largest absolute Gasteiger partial charge is 0.327 e. The molecular weight excluding hydrogens is 205 g/mol. The van der Waals surface area contributed by atoms with Crippen molar-refractivity contribution in [3.05, 3.63) is 16.9 Å². The molecule has 1 aliphatic carbocycles. The fraction of sp³-hybridized carbons (Fsp3) is 0.667. The summed E-state index contributed by atoms with van der Waals surface area (Å²) in [6, 6.07) is 0. The summed E-state index contributed by atoms with van der Waals surface area (Å²) in [6.45, 7) is -0.0308. The molecule has 0 aromatic carbocycles. The van der Waals surface area contributed by atoms with Crippen molar-refractivity contribution < 1.29 is 4.39 Å². The second kappa shape index (κ2) is 3.21. The molecule has 1 fully saturated rings. The Hall–Kier alpha value is -0.610. The highest BCUT2D eigenvalue weighted by Crippen LogP contribution is 2.49. The first-order valence-electron chi connectivity index (χ1n) is 4.66. The molecule has 1 aliphatic rings. The molecule has 0 spiro atoms. The number of nitrogens with two attached hydrogens (primary N) is 1. The summed E-state index contributed by atoms with van der Waals surface area (Å²) in [7, 11) is 1.69. The van der Waals surface area contributed by atoms with Gasteiger partial charge in [0.1, 0.15) is 0 Å². The molecule has 1 aromatic rings. The van der Waals surface area contributed by atoms with Crippen LogP contribution in [0.15, 0.2) is 6.20 Å². The van der Waals surface area contributed by atoms with Gasteiger partial charge in [0.2, 0.25) is 0 Å². The van der Waals surface area contributed by atoms with Gasteiger partial charge in [0, 0.05) is 19.5 Å². The number of nitrogens with zero attached hydrogens (tertiary/aromatic N) is 2. The molecule has 0 saturated heterocycles. The molecule has 0 amide bonds. The topological polar surface area (TPSA) is 43.8 Å². The van der Waals surface area contributed by atoms with Crippen molar-refractivity contribution in [2.45, 2.75) is 18.5 Å². The highest BCUT2D eigenvalue weighted by Gasteiger charge is 2.49. The van der Waals surface area contributed by atoms with Crippen LogP contribution in [0.1, 0.15) is 18.5 Å². The molecule has 0 radical (unpaired) electrons. The van der Waals surface area contributed by atoms with E-state index in [-0.39, 0.29) is 12.5 Å². The Morgan fingerprint density at radius 2 is 2.43 bits per heavy atom. The maximum atomic E-state index is 14.5. The van der Waals surface area contributed by atoms with Crippen LogP contribution in [0.2, 0.25) is 5.02 Å². The lowest BCUT2D eigenvalue weighted by atomic mass is 9.96. The van der Waals surface area contributed by atoms with Gasteiger partial charge >= 0.3 is 0 Å². The van der Waals surface area contributed by atoms with Gasteiger partial charge in [-0.25, -0.2) is 4.39 Å². The van der Waals surface area contributed by atoms with Gasteiger partial charge in [-0.1, -0.05) is 11.6 Å². The quantitative estimate of drug-likeness (QED) is 0.836. The van der Waals surface area contributed by atoms with E-state index >= 15 is 0 Å². The van der Waals surface area contributed by atoms with Crippen molar-refractivity contribution in [3.63, 3.8) is 0 Å². The van der Waals surface area contributed by atoms with E-state index in [4.69, 9.17) is 17.3 Å². The predicted molar refractivity (Wildman–Crippen MR) is 52.8 cm³/mol. The predicted octanol–water partition coefficient (Wildman–Crippen LogP) is 1.61. The zero-order valence-corrected chi connectivity index (χ0v) is 8.76. The second-order valence-corrected chi connectivity index (χ2v) is 4.21. The summed E-state index contributed by atoms with van der Waals surface area (Å²) < 4.78 is 16.0.